The summed E-state index contributed by atoms with van der Waals surface area (Å²) in [5.74, 6) is 0.931. The summed E-state index contributed by atoms with van der Waals surface area (Å²) in [6.07, 6.45) is 6.97. The molecule has 2 aliphatic heterocycles. The SMILES string of the molecule is C[C@H](Oc1nc2c(F)c(Cl)ncc2c2c1cc(CN1CCOC1=O)n2C1C2CCC1C2)[C@@H]1CCCN1C. The van der Waals surface area contributed by atoms with E-state index in [9.17, 15) is 4.79 Å². The minimum absolute atomic E-state index is 0.124. The van der Waals surface area contributed by atoms with Gasteiger partial charge in [-0.1, -0.05) is 11.6 Å². The van der Waals surface area contributed by atoms with Crippen molar-refractivity contribution >= 4 is 39.5 Å². The maximum atomic E-state index is 15.4. The Morgan fingerprint density at radius 3 is 2.73 bits per heavy atom. The van der Waals surface area contributed by atoms with Gasteiger partial charge in [0.15, 0.2) is 11.0 Å². The Hall–Kier alpha value is -2.65. The van der Waals surface area contributed by atoms with Crippen LogP contribution in [0.1, 0.15) is 50.8 Å². The summed E-state index contributed by atoms with van der Waals surface area (Å²) in [4.78, 5) is 25.3. The molecule has 3 aromatic rings. The highest BCUT2D eigenvalue weighted by Crippen LogP contribution is 2.58. The molecule has 8 nitrogen and oxygen atoms in total. The van der Waals surface area contributed by atoms with Crippen LogP contribution in [0, 0.1) is 17.7 Å². The van der Waals surface area contributed by atoms with E-state index in [4.69, 9.17) is 26.1 Å². The lowest BCUT2D eigenvalue weighted by atomic mass is 9.78. The third-order valence-corrected chi connectivity index (χ3v) is 9.42. The number of hydrogen-bond donors (Lipinski definition) is 0. The first-order valence-corrected chi connectivity index (χ1v) is 13.7. The molecule has 2 unspecified atom stereocenters. The number of likely N-dealkylation sites (N-methyl/N-ethyl adjacent to an activating group) is 1. The number of cyclic esters (lactones) is 1. The second-order valence-corrected chi connectivity index (χ2v) is 11.5. The van der Waals surface area contributed by atoms with Gasteiger partial charge in [-0.3, -0.25) is 9.80 Å². The van der Waals surface area contributed by atoms with E-state index in [1.54, 1.807) is 11.1 Å². The van der Waals surface area contributed by atoms with Gasteiger partial charge in [0.25, 0.3) is 0 Å². The van der Waals surface area contributed by atoms with Crippen LogP contribution in [0.25, 0.3) is 21.8 Å². The van der Waals surface area contributed by atoms with Crippen LogP contribution in [0.4, 0.5) is 9.18 Å². The van der Waals surface area contributed by atoms with Gasteiger partial charge >= 0.3 is 6.09 Å². The second-order valence-electron chi connectivity index (χ2n) is 11.2. The highest BCUT2D eigenvalue weighted by Gasteiger charge is 2.49. The zero-order chi connectivity index (χ0) is 25.4. The molecule has 3 saturated carbocycles. The lowest BCUT2D eigenvalue weighted by Gasteiger charge is -2.39. The fraction of sp³-hybridized carbons (Fsp3) is 0.593. The van der Waals surface area contributed by atoms with Gasteiger partial charge in [-0.2, -0.15) is 0 Å². The summed E-state index contributed by atoms with van der Waals surface area (Å²) in [6.45, 7) is 4.47. The van der Waals surface area contributed by atoms with Crippen molar-refractivity contribution in [1.29, 1.82) is 0 Å². The van der Waals surface area contributed by atoms with Gasteiger partial charge < -0.3 is 14.0 Å². The summed E-state index contributed by atoms with van der Waals surface area (Å²) in [5, 5.41) is 1.25. The van der Waals surface area contributed by atoms with Crippen molar-refractivity contribution in [3.05, 3.63) is 28.9 Å². The summed E-state index contributed by atoms with van der Waals surface area (Å²) in [5.41, 5.74) is 2.04. The molecule has 3 aromatic heterocycles. The van der Waals surface area contributed by atoms with E-state index < -0.39 is 5.82 Å². The number of carbonyl (C=O) groups is 1. The zero-order valence-electron chi connectivity index (χ0n) is 21.1. The lowest BCUT2D eigenvalue weighted by molar-refractivity contribution is 0.119. The van der Waals surface area contributed by atoms with E-state index in [0.29, 0.717) is 48.8 Å². The van der Waals surface area contributed by atoms with Gasteiger partial charge in [-0.05, 0) is 70.5 Å². The molecule has 2 bridgehead atoms. The number of carbonyl (C=O) groups excluding carboxylic acids is 1. The highest BCUT2D eigenvalue weighted by atomic mass is 35.5. The van der Waals surface area contributed by atoms with E-state index in [1.807, 2.05) is 0 Å². The van der Waals surface area contributed by atoms with Crippen molar-refractivity contribution in [2.75, 3.05) is 26.7 Å². The number of pyridine rings is 2. The number of halogens is 2. The van der Waals surface area contributed by atoms with Crippen molar-refractivity contribution < 1.29 is 18.7 Å². The number of rotatable bonds is 6. The quantitative estimate of drug-likeness (QED) is 0.412. The molecule has 37 heavy (non-hydrogen) atoms. The van der Waals surface area contributed by atoms with Gasteiger partial charge in [-0.15, -0.1) is 0 Å². The number of likely N-dealkylation sites (tertiary alicyclic amines) is 1. The Morgan fingerprint density at radius 2 is 2.05 bits per heavy atom. The normalized spacial score (nSPS) is 28.3. The summed E-state index contributed by atoms with van der Waals surface area (Å²) in [6, 6.07) is 2.65. The maximum absolute atomic E-state index is 15.4. The molecule has 10 heteroatoms. The van der Waals surface area contributed by atoms with E-state index in [2.05, 4.69) is 34.5 Å². The fourth-order valence-electron chi connectivity index (χ4n) is 7.30. The average Bonchev–Trinajstić information content (AvgIpc) is 3.68. The van der Waals surface area contributed by atoms with E-state index in [-0.39, 0.29) is 28.9 Å². The summed E-state index contributed by atoms with van der Waals surface area (Å²) >= 11 is 6.11. The summed E-state index contributed by atoms with van der Waals surface area (Å²) < 4.78 is 29.5. The Morgan fingerprint density at radius 1 is 1.24 bits per heavy atom. The number of ether oxygens (including phenoxy) is 2. The van der Waals surface area contributed by atoms with Gasteiger partial charge in [0.2, 0.25) is 5.88 Å². The molecule has 0 radical (unpaired) electrons. The lowest BCUT2D eigenvalue weighted by Crippen LogP contribution is -2.38. The molecule has 8 rings (SSSR count). The molecule has 3 aliphatic carbocycles. The first kappa shape index (κ1) is 23.5. The second kappa shape index (κ2) is 8.70. The summed E-state index contributed by atoms with van der Waals surface area (Å²) in [7, 11) is 2.11. The fourth-order valence-corrected chi connectivity index (χ4v) is 7.44. The van der Waals surface area contributed by atoms with Crippen LogP contribution in [-0.2, 0) is 11.3 Å². The highest BCUT2D eigenvalue weighted by molar-refractivity contribution is 6.30. The van der Waals surface area contributed by atoms with Crippen molar-refractivity contribution in [2.45, 2.75) is 63.8 Å². The van der Waals surface area contributed by atoms with Crippen molar-refractivity contribution in [2.24, 2.45) is 11.8 Å². The minimum atomic E-state index is -0.634. The molecular formula is C27H31ClFN5O3. The predicted molar refractivity (Wildman–Crippen MR) is 137 cm³/mol. The largest absolute Gasteiger partial charge is 0.472 e. The van der Waals surface area contributed by atoms with Crippen LogP contribution < -0.4 is 4.74 Å². The van der Waals surface area contributed by atoms with Crippen LogP contribution in [0.3, 0.4) is 0 Å². The third-order valence-electron chi connectivity index (χ3n) is 9.16. The van der Waals surface area contributed by atoms with E-state index in [1.165, 1.54) is 19.3 Å². The first-order valence-electron chi connectivity index (χ1n) is 13.4. The number of fused-ring (bicyclic) bond motifs is 4. The molecule has 0 N–H and O–H groups in total. The Bertz CT molecular complexity index is 1400. The first-order chi connectivity index (χ1) is 17.9. The Labute approximate surface area is 219 Å². The van der Waals surface area contributed by atoms with E-state index in [0.717, 1.165) is 36.0 Å². The monoisotopic (exact) mass is 527 g/mol. The molecule has 0 aromatic carbocycles. The smallest absolute Gasteiger partial charge is 0.410 e. The Kier molecular flexibility index (Phi) is 5.52. The average molecular weight is 528 g/mol. The molecule has 4 atom stereocenters. The van der Waals surface area contributed by atoms with Gasteiger partial charge in [0.05, 0.1) is 24.0 Å². The van der Waals surface area contributed by atoms with Crippen LogP contribution >= 0.6 is 11.6 Å². The van der Waals surface area contributed by atoms with Crippen molar-refractivity contribution in [3.63, 3.8) is 0 Å². The molecule has 0 spiro atoms. The topological polar surface area (TPSA) is 72.7 Å². The van der Waals surface area contributed by atoms with Crippen LogP contribution in [0.15, 0.2) is 12.3 Å². The van der Waals surface area contributed by atoms with Crippen LogP contribution in [0.2, 0.25) is 5.15 Å². The molecule has 5 heterocycles. The molecule has 5 fully saturated rings. The number of nitrogens with zero attached hydrogens (tertiary/aromatic N) is 5. The molecule has 2 saturated heterocycles. The van der Waals surface area contributed by atoms with Gasteiger partial charge in [0.1, 0.15) is 18.2 Å². The zero-order valence-corrected chi connectivity index (χ0v) is 21.9. The van der Waals surface area contributed by atoms with Crippen molar-refractivity contribution in [1.82, 2.24) is 24.3 Å². The van der Waals surface area contributed by atoms with Crippen molar-refractivity contribution in [3.8, 4) is 5.88 Å². The van der Waals surface area contributed by atoms with Crippen LogP contribution in [0.5, 0.6) is 5.88 Å². The maximum Gasteiger partial charge on any atom is 0.410 e. The minimum Gasteiger partial charge on any atom is -0.472 e. The van der Waals surface area contributed by atoms with E-state index >= 15 is 4.39 Å². The molecule has 1 amide bonds. The number of hydrogen-bond acceptors (Lipinski definition) is 6. The number of amides is 1. The van der Waals surface area contributed by atoms with Gasteiger partial charge in [0, 0.05) is 29.4 Å². The molecule has 196 valence electrons. The third kappa shape index (κ3) is 3.61. The van der Waals surface area contributed by atoms with Crippen LogP contribution in [-0.4, -0.2) is 69.3 Å². The Balaban J connectivity index is 1.43. The van der Waals surface area contributed by atoms with Gasteiger partial charge in [-0.25, -0.2) is 19.2 Å². The molecule has 5 aliphatic rings. The molecular weight excluding hydrogens is 497 g/mol. The number of aromatic nitrogens is 3. The predicted octanol–water partition coefficient (Wildman–Crippen LogP) is 5.16. The standard InChI is InChI=1S/C27H31ClFN5O3/c1-14(20-4-3-7-32(20)2)37-26-18-11-17(13-33-8-9-36-27(33)35)34(23-15-5-6-16(23)10-15)24(18)19-12-30-25(28)21(29)22(19)31-26/h11-12,14-16,20,23H,3-10,13H2,1-2H3/t14-,15?,16?,20-,23?/m0/s1.